The van der Waals surface area contributed by atoms with Gasteiger partial charge in [0.25, 0.3) is 0 Å². The summed E-state index contributed by atoms with van der Waals surface area (Å²) >= 11 is 1.32. The third-order valence-electron chi connectivity index (χ3n) is 3.99. The smallest absolute Gasteiger partial charge is 0.345 e. The number of carbonyl (C=O) groups is 1. The van der Waals surface area contributed by atoms with E-state index in [4.69, 9.17) is 9.84 Å². The second kappa shape index (κ2) is 6.00. The van der Waals surface area contributed by atoms with Crippen molar-refractivity contribution in [2.24, 2.45) is 0 Å². The molecule has 0 aliphatic heterocycles. The quantitative estimate of drug-likeness (QED) is 0.913. The highest BCUT2D eigenvalue weighted by Crippen LogP contribution is 2.33. The van der Waals surface area contributed by atoms with Crippen LogP contribution in [0, 0.1) is 6.92 Å². The number of carboxylic acids is 1. The van der Waals surface area contributed by atoms with E-state index in [0.717, 1.165) is 29.7 Å². The van der Waals surface area contributed by atoms with Crippen LogP contribution < -0.4 is 0 Å². The summed E-state index contributed by atoms with van der Waals surface area (Å²) in [4.78, 5) is 12.4. The zero-order valence-corrected chi connectivity index (χ0v) is 12.8. The molecular weight excluding hydrogens is 284 g/mol. The molecule has 4 heteroatoms. The molecule has 0 bridgehead atoms. The van der Waals surface area contributed by atoms with Crippen LogP contribution in [0.15, 0.2) is 30.3 Å². The topological polar surface area (TPSA) is 46.5 Å². The highest BCUT2D eigenvalue weighted by Gasteiger charge is 2.21. The van der Waals surface area contributed by atoms with Crippen LogP contribution in [0.5, 0.6) is 0 Å². The molecule has 1 aliphatic carbocycles. The van der Waals surface area contributed by atoms with Gasteiger partial charge < -0.3 is 9.84 Å². The molecule has 1 aromatic heterocycles. The van der Waals surface area contributed by atoms with Gasteiger partial charge in [-0.15, -0.1) is 11.3 Å². The Labute approximate surface area is 128 Å². The van der Waals surface area contributed by atoms with Crippen molar-refractivity contribution in [2.75, 3.05) is 0 Å². The number of benzene rings is 1. The van der Waals surface area contributed by atoms with E-state index < -0.39 is 5.97 Å². The molecule has 0 saturated heterocycles. The van der Waals surface area contributed by atoms with E-state index in [1.165, 1.54) is 22.5 Å². The number of rotatable bonds is 4. The first-order valence-corrected chi connectivity index (χ1v) is 7.99. The van der Waals surface area contributed by atoms with Gasteiger partial charge in [0.1, 0.15) is 4.88 Å². The Morgan fingerprint density at radius 2 is 2.24 bits per heavy atom. The highest BCUT2D eigenvalue weighted by molar-refractivity contribution is 7.14. The van der Waals surface area contributed by atoms with Gasteiger partial charge in [0.2, 0.25) is 0 Å². The van der Waals surface area contributed by atoms with E-state index in [9.17, 15) is 4.79 Å². The van der Waals surface area contributed by atoms with Crippen LogP contribution in [-0.4, -0.2) is 11.1 Å². The summed E-state index contributed by atoms with van der Waals surface area (Å²) in [5.41, 5.74) is 3.65. The Balaban J connectivity index is 1.73. The Hall–Kier alpha value is -1.65. The van der Waals surface area contributed by atoms with E-state index in [0.29, 0.717) is 11.5 Å². The maximum atomic E-state index is 11.0. The van der Waals surface area contributed by atoms with Gasteiger partial charge in [0, 0.05) is 4.88 Å². The summed E-state index contributed by atoms with van der Waals surface area (Å²) in [5, 5.41) is 9.04. The molecule has 1 N–H and O–H groups in total. The first-order valence-electron chi connectivity index (χ1n) is 7.17. The van der Waals surface area contributed by atoms with Gasteiger partial charge in [-0.3, -0.25) is 0 Å². The van der Waals surface area contributed by atoms with Crippen molar-refractivity contribution in [2.45, 2.75) is 38.9 Å². The summed E-state index contributed by atoms with van der Waals surface area (Å²) < 4.78 is 6.08. The minimum atomic E-state index is -0.864. The molecule has 3 rings (SSSR count). The average molecular weight is 302 g/mol. The predicted molar refractivity (Wildman–Crippen MR) is 82.9 cm³/mol. The van der Waals surface area contributed by atoms with E-state index >= 15 is 0 Å². The zero-order chi connectivity index (χ0) is 14.8. The van der Waals surface area contributed by atoms with E-state index in [1.54, 1.807) is 6.07 Å². The molecule has 0 fully saturated rings. The molecule has 110 valence electrons. The number of thiophene rings is 1. The second-order valence-corrected chi connectivity index (χ2v) is 6.64. The van der Waals surface area contributed by atoms with Crippen molar-refractivity contribution < 1.29 is 14.6 Å². The molecule has 1 aromatic carbocycles. The Bertz CT molecular complexity index is 660. The number of hydrogen-bond acceptors (Lipinski definition) is 3. The standard InChI is InChI=1S/C17H18O3S/c1-11-13(9-16(21-11)17(18)19)10-20-15-8-4-6-12-5-2-3-7-14(12)15/h2-3,5,7,9,15H,4,6,8,10H2,1H3,(H,18,19). The minimum absolute atomic E-state index is 0.127. The third-order valence-corrected chi connectivity index (χ3v) is 5.07. The first-order chi connectivity index (χ1) is 10.1. The molecule has 2 aromatic rings. The van der Waals surface area contributed by atoms with Crippen LogP contribution in [0.2, 0.25) is 0 Å². The monoisotopic (exact) mass is 302 g/mol. The lowest BCUT2D eigenvalue weighted by Gasteiger charge is -2.25. The van der Waals surface area contributed by atoms with E-state index in [1.807, 2.05) is 6.92 Å². The maximum absolute atomic E-state index is 11.0. The molecule has 0 spiro atoms. The fraction of sp³-hybridized carbons (Fsp3) is 0.353. The van der Waals surface area contributed by atoms with E-state index in [2.05, 4.69) is 24.3 Å². The molecule has 21 heavy (non-hydrogen) atoms. The summed E-state index contributed by atoms with van der Waals surface area (Å²) in [6.45, 7) is 2.43. The number of aromatic carboxylic acids is 1. The zero-order valence-electron chi connectivity index (χ0n) is 12.0. The lowest BCUT2D eigenvalue weighted by atomic mass is 9.89. The maximum Gasteiger partial charge on any atom is 0.345 e. The van der Waals surface area contributed by atoms with Crippen LogP contribution in [0.4, 0.5) is 0 Å². The number of fused-ring (bicyclic) bond motifs is 1. The molecular formula is C17H18O3S. The third kappa shape index (κ3) is 3.01. The van der Waals surface area contributed by atoms with Crippen LogP contribution in [0.1, 0.15) is 50.2 Å². The van der Waals surface area contributed by atoms with Crippen LogP contribution in [0.3, 0.4) is 0 Å². The van der Waals surface area contributed by atoms with Gasteiger partial charge >= 0.3 is 5.97 Å². The van der Waals surface area contributed by atoms with Crippen molar-refractivity contribution in [3.8, 4) is 0 Å². The molecule has 3 nitrogen and oxygen atoms in total. The molecule has 0 amide bonds. The normalized spacial score (nSPS) is 17.5. The number of hydrogen-bond donors (Lipinski definition) is 1. The van der Waals surface area contributed by atoms with Crippen molar-refractivity contribution in [1.29, 1.82) is 0 Å². The lowest BCUT2D eigenvalue weighted by Crippen LogP contribution is -2.12. The van der Waals surface area contributed by atoms with Crippen molar-refractivity contribution >= 4 is 17.3 Å². The second-order valence-electron chi connectivity index (χ2n) is 5.39. The van der Waals surface area contributed by atoms with Gasteiger partial charge in [-0.2, -0.15) is 0 Å². The molecule has 1 atom stereocenters. The molecule has 1 unspecified atom stereocenters. The van der Waals surface area contributed by atoms with Crippen LogP contribution in [-0.2, 0) is 17.8 Å². The number of ether oxygens (including phenoxy) is 1. The Kier molecular flexibility index (Phi) is 4.08. The first kappa shape index (κ1) is 14.3. The van der Waals surface area contributed by atoms with E-state index in [-0.39, 0.29) is 6.10 Å². The fourth-order valence-corrected chi connectivity index (χ4v) is 3.71. The van der Waals surface area contributed by atoms with Crippen LogP contribution >= 0.6 is 11.3 Å². The average Bonchev–Trinajstić information content (AvgIpc) is 2.86. The molecule has 1 aliphatic rings. The molecule has 0 saturated carbocycles. The van der Waals surface area contributed by atoms with Crippen molar-refractivity contribution in [3.05, 3.63) is 56.8 Å². The van der Waals surface area contributed by atoms with Gasteiger partial charge in [-0.1, -0.05) is 24.3 Å². The van der Waals surface area contributed by atoms with Gasteiger partial charge in [0.05, 0.1) is 12.7 Å². The van der Waals surface area contributed by atoms with Gasteiger partial charge in [-0.25, -0.2) is 4.79 Å². The van der Waals surface area contributed by atoms with Crippen molar-refractivity contribution in [1.82, 2.24) is 0 Å². The van der Waals surface area contributed by atoms with Gasteiger partial charge in [-0.05, 0) is 48.9 Å². The largest absolute Gasteiger partial charge is 0.477 e. The fourth-order valence-electron chi connectivity index (χ4n) is 2.84. The Morgan fingerprint density at radius 1 is 1.43 bits per heavy atom. The minimum Gasteiger partial charge on any atom is -0.477 e. The predicted octanol–water partition coefficient (Wildman–Crippen LogP) is 4.35. The molecule has 1 heterocycles. The highest BCUT2D eigenvalue weighted by atomic mass is 32.1. The van der Waals surface area contributed by atoms with Crippen LogP contribution in [0.25, 0.3) is 0 Å². The lowest BCUT2D eigenvalue weighted by molar-refractivity contribution is 0.0282. The van der Waals surface area contributed by atoms with Gasteiger partial charge in [0.15, 0.2) is 0 Å². The number of aryl methyl sites for hydroxylation is 2. The summed E-state index contributed by atoms with van der Waals surface area (Å²) in [5.74, 6) is -0.864. The Morgan fingerprint density at radius 3 is 3.00 bits per heavy atom. The summed E-state index contributed by atoms with van der Waals surface area (Å²) in [6, 6.07) is 10.2. The molecule has 0 radical (unpaired) electrons. The summed E-state index contributed by atoms with van der Waals surface area (Å²) in [7, 11) is 0. The number of carboxylic acid groups (broad SMARTS) is 1. The summed E-state index contributed by atoms with van der Waals surface area (Å²) in [6.07, 6.45) is 3.43. The van der Waals surface area contributed by atoms with Crippen molar-refractivity contribution in [3.63, 3.8) is 0 Å². The SMILES string of the molecule is Cc1sc(C(=O)O)cc1COC1CCCc2ccccc21.